The molecule has 0 aromatic rings. The summed E-state index contributed by atoms with van der Waals surface area (Å²) in [6, 6.07) is 0.542. The number of carbonyl (C=O) groups is 1. The van der Waals surface area contributed by atoms with Crippen LogP contribution in [-0.2, 0) is 0 Å². The van der Waals surface area contributed by atoms with Gasteiger partial charge in [0.1, 0.15) is 0 Å². The molecule has 1 saturated heterocycles. The number of aliphatic hydroxyl groups excluding tert-OH is 1. The molecule has 0 radical (unpaired) electrons. The lowest BCUT2D eigenvalue weighted by Crippen LogP contribution is -2.48. The summed E-state index contributed by atoms with van der Waals surface area (Å²) < 4.78 is 0. The first-order valence-corrected chi connectivity index (χ1v) is 6.38. The molecule has 1 unspecified atom stereocenters. The van der Waals surface area contributed by atoms with Crippen LogP contribution in [0, 0.1) is 5.92 Å². The summed E-state index contributed by atoms with van der Waals surface area (Å²) in [6.07, 6.45) is 4.56. The summed E-state index contributed by atoms with van der Waals surface area (Å²) in [4.78, 5) is 16.1. The average molecular weight is 226 g/mol. The Kier molecular flexibility index (Phi) is 3.69. The molecule has 0 aromatic carbocycles. The second-order valence-electron chi connectivity index (χ2n) is 5.12. The third-order valence-corrected chi connectivity index (χ3v) is 3.50. The van der Waals surface area contributed by atoms with Gasteiger partial charge in [0.2, 0.25) is 0 Å². The van der Waals surface area contributed by atoms with Crippen LogP contribution in [0.2, 0.25) is 0 Å². The van der Waals surface area contributed by atoms with Crippen molar-refractivity contribution < 1.29 is 9.90 Å². The number of hydrogen-bond acceptors (Lipinski definition) is 2. The Morgan fingerprint density at radius 3 is 2.75 bits per heavy atom. The average Bonchev–Trinajstić information content (AvgIpc) is 3.09. The zero-order chi connectivity index (χ0) is 11.5. The highest BCUT2D eigenvalue weighted by Gasteiger charge is 2.35. The van der Waals surface area contributed by atoms with E-state index in [2.05, 4.69) is 6.92 Å². The van der Waals surface area contributed by atoms with Gasteiger partial charge in [-0.25, -0.2) is 4.79 Å². The minimum absolute atomic E-state index is 0.0750. The normalized spacial score (nSPS) is 25.6. The fourth-order valence-corrected chi connectivity index (χ4v) is 2.47. The molecule has 1 aliphatic heterocycles. The number of aliphatic hydroxyl groups is 1. The number of likely N-dealkylation sites (tertiary alicyclic amines) is 1. The van der Waals surface area contributed by atoms with Crippen molar-refractivity contribution in [3.63, 3.8) is 0 Å². The molecule has 2 fully saturated rings. The van der Waals surface area contributed by atoms with Gasteiger partial charge in [0, 0.05) is 25.7 Å². The quantitative estimate of drug-likeness (QED) is 0.788. The maximum absolute atomic E-state index is 12.3. The van der Waals surface area contributed by atoms with Gasteiger partial charge in [-0.15, -0.1) is 0 Å². The van der Waals surface area contributed by atoms with Gasteiger partial charge in [-0.2, -0.15) is 0 Å². The maximum Gasteiger partial charge on any atom is 0.320 e. The second kappa shape index (κ2) is 5.04. The van der Waals surface area contributed by atoms with E-state index >= 15 is 0 Å². The number of carbonyl (C=O) groups excluding carboxylic acids is 1. The Labute approximate surface area is 97.2 Å². The predicted molar refractivity (Wildman–Crippen MR) is 62.2 cm³/mol. The Morgan fingerprint density at radius 2 is 2.19 bits per heavy atom. The van der Waals surface area contributed by atoms with Crippen LogP contribution in [0.4, 0.5) is 4.79 Å². The van der Waals surface area contributed by atoms with Crippen LogP contribution >= 0.6 is 0 Å². The van der Waals surface area contributed by atoms with Crippen molar-refractivity contribution in [3.8, 4) is 0 Å². The van der Waals surface area contributed by atoms with Crippen molar-refractivity contribution in [1.29, 1.82) is 0 Å². The van der Waals surface area contributed by atoms with E-state index in [1.807, 2.05) is 9.80 Å². The number of urea groups is 1. The Hall–Kier alpha value is -0.770. The standard InChI is InChI=1S/C12H22N2O2/c1-10-3-2-6-13(9-10)12(16)14(7-8-15)11-4-5-11/h10-11,15H,2-9H2,1H3. The first kappa shape index (κ1) is 11.7. The molecule has 0 bridgehead atoms. The van der Waals surface area contributed by atoms with Gasteiger partial charge in [-0.1, -0.05) is 6.92 Å². The monoisotopic (exact) mass is 226 g/mol. The molecule has 16 heavy (non-hydrogen) atoms. The van der Waals surface area contributed by atoms with E-state index in [-0.39, 0.29) is 12.6 Å². The fourth-order valence-electron chi connectivity index (χ4n) is 2.47. The van der Waals surface area contributed by atoms with Gasteiger partial charge < -0.3 is 14.9 Å². The predicted octanol–water partition coefficient (Wildman–Crippen LogP) is 1.29. The van der Waals surface area contributed by atoms with Crippen LogP contribution in [0.3, 0.4) is 0 Å². The van der Waals surface area contributed by atoms with Crippen molar-refractivity contribution in [3.05, 3.63) is 0 Å². The summed E-state index contributed by atoms with van der Waals surface area (Å²) in [5.74, 6) is 0.618. The largest absolute Gasteiger partial charge is 0.395 e. The van der Waals surface area contributed by atoms with Crippen LogP contribution in [-0.4, -0.2) is 53.2 Å². The van der Waals surface area contributed by atoms with Crippen molar-refractivity contribution in [2.24, 2.45) is 5.92 Å². The van der Waals surface area contributed by atoms with E-state index in [1.54, 1.807) is 0 Å². The van der Waals surface area contributed by atoms with Crippen molar-refractivity contribution >= 4 is 6.03 Å². The van der Waals surface area contributed by atoms with Crippen LogP contribution in [0.5, 0.6) is 0 Å². The third-order valence-electron chi connectivity index (χ3n) is 3.50. The first-order valence-electron chi connectivity index (χ1n) is 6.38. The summed E-state index contributed by atoms with van der Waals surface area (Å²) in [5.41, 5.74) is 0. The molecule has 1 saturated carbocycles. The molecule has 1 atom stereocenters. The lowest BCUT2D eigenvalue weighted by Gasteiger charge is -2.35. The van der Waals surface area contributed by atoms with Crippen molar-refractivity contribution in [2.75, 3.05) is 26.2 Å². The van der Waals surface area contributed by atoms with Gasteiger partial charge in [-0.05, 0) is 31.6 Å². The number of nitrogens with zero attached hydrogens (tertiary/aromatic N) is 2. The van der Waals surface area contributed by atoms with Gasteiger partial charge in [0.15, 0.2) is 0 Å². The SMILES string of the molecule is CC1CCCN(C(=O)N(CCO)C2CC2)C1. The highest BCUT2D eigenvalue weighted by Crippen LogP contribution is 2.28. The topological polar surface area (TPSA) is 43.8 Å². The Bertz CT molecular complexity index is 253. The zero-order valence-electron chi connectivity index (χ0n) is 10.1. The summed E-state index contributed by atoms with van der Waals surface area (Å²) in [6.45, 7) is 4.54. The van der Waals surface area contributed by atoms with Gasteiger partial charge in [0.05, 0.1) is 6.61 Å². The number of piperidine rings is 1. The summed E-state index contributed by atoms with van der Waals surface area (Å²) in [5, 5.41) is 9.00. The van der Waals surface area contributed by atoms with E-state index in [4.69, 9.17) is 5.11 Å². The van der Waals surface area contributed by atoms with Crippen LogP contribution in [0.25, 0.3) is 0 Å². The van der Waals surface area contributed by atoms with Crippen LogP contribution in [0.1, 0.15) is 32.6 Å². The van der Waals surface area contributed by atoms with E-state index in [1.165, 1.54) is 6.42 Å². The van der Waals surface area contributed by atoms with Crippen LogP contribution in [0.15, 0.2) is 0 Å². The molecule has 2 aliphatic rings. The fraction of sp³-hybridized carbons (Fsp3) is 0.917. The van der Waals surface area contributed by atoms with Gasteiger partial charge in [0.25, 0.3) is 0 Å². The van der Waals surface area contributed by atoms with E-state index in [0.29, 0.717) is 18.5 Å². The van der Waals surface area contributed by atoms with Crippen molar-refractivity contribution in [2.45, 2.75) is 38.6 Å². The number of hydrogen-bond donors (Lipinski definition) is 1. The molecule has 4 nitrogen and oxygen atoms in total. The Morgan fingerprint density at radius 1 is 1.44 bits per heavy atom. The third kappa shape index (κ3) is 2.67. The molecule has 1 heterocycles. The van der Waals surface area contributed by atoms with Crippen molar-refractivity contribution in [1.82, 2.24) is 9.80 Å². The zero-order valence-corrected chi connectivity index (χ0v) is 10.1. The van der Waals surface area contributed by atoms with E-state index < -0.39 is 0 Å². The molecule has 2 amide bonds. The summed E-state index contributed by atoms with van der Waals surface area (Å²) in [7, 11) is 0. The molecular weight excluding hydrogens is 204 g/mol. The highest BCUT2D eigenvalue weighted by atomic mass is 16.3. The smallest absolute Gasteiger partial charge is 0.320 e. The first-order chi connectivity index (χ1) is 7.72. The Balaban J connectivity index is 1.92. The molecule has 0 aromatic heterocycles. The van der Waals surface area contributed by atoms with Crippen LogP contribution < -0.4 is 0 Å². The molecule has 2 rings (SSSR count). The highest BCUT2D eigenvalue weighted by molar-refractivity contribution is 5.75. The molecule has 1 aliphatic carbocycles. The maximum atomic E-state index is 12.3. The van der Waals surface area contributed by atoms with E-state index in [0.717, 1.165) is 32.4 Å². The molecule has 0 spiro atoms. The van der Waals surface area contributed by atoms with E-state index in [9.17, 15) is 4.79 Å². The lowest BCUT2D eigenvalue weighted by atomic mass is 10.0. The molecular formula is C12H22N2O2. The minimum atomic E-state index is 0.0750. The molecule has 92 valence electrons. The summed E-state index contributed by atoms with van der Waals surface area (Å²) >= 11 is 0. The number of amides is 2. The number of rotatable bonds is 3. The van der Waals surface area contributed by atoms with Gasteiger partial charge >= 0.3 is 6.03 Å². The minimum Gasteiger partial charge on any atom is -0.395 e. The molecule has 1 N–H and O–H groups in total. The van der Waals surface area contributed by atoms with Gasteiger partial charge in [-0.3, -0.25) is 0 Å². The second-order valence-corrected chi connectivity index (χ2v) is 5.12. The lowest BCUT2D eigenvalue weighted by molar-refractivity contribution is 0.119. The molecule has 4 heteroatoms.